The molecule has 0 aromatic heterocycles. The molecular formula is C23H25FN2O7S. The normalized spacial score (nSPS) is 14.9. The number of halogens is 1. The Morgan fingerprint density at radius 2 is 1.65 bits per heavy atom. The van der Waals surface area contributed by atoms with Crippen LogP contribution < -0.4 is 5.32 Å². The van der Waals surface area contributed by atoms with E-state index in [0.29, 0.717) is 5.56 Å². The van der Waals surface area contributed by atoms with Crippen LogP contribution in [-0.4, -0.2) is 57.4 Å². The van der Waals surface area contributed by atoms with E-state index in [9.17, 15) is 27.2 Å². The maximum atomic E-state index is 13.1. The fourth-order valence-electron chi connectivity index (χ4n) is 3.47. The molecule has 0 aliphatic carbocycles. The van der Waals surface area contributed by atoms with Crippen LogP contribution in [0.5, 0.6) is 0 Å². The molecule has 2 aromatic carbocycles. The molecular weight excluding hydrogens is 467 g/mol. The van der Waals surface area contributed by atoms with E-state index in [1.54, 1.807) is 24.3 Å². The van der Waals surface area contributed by atoms with E-state index >= 15 is 0 Å². The Hall–Kier alpha value is -3.31. The highest BCUT2D eigenvalue weighted by molar-refractivity contribution is 7.89. The van der Waals surface area contributed by atoms with Crippen LogP contribution in [0.1, 0.15) is 28.8 Å². The zero-order valence-electron chi connectivity index (χ0n) is 18.5. The van der Waals surface area contributed by atoms with Gasteiger partial charge in [-0.05, 0) is 54.8 Å². The van der Waals surface area contributed by atoms with E-state index in [-0.39, 0.29) is 37.4 Å². The summed E-state index contributed by atoms with van der Waals surface area (Å²) in [7, 11) is -2.48. The van der Waals surface area contributed by atoms with Crippen molar-refractivity contribution < 1.29 is 36.7 Å². The molecule has 1 fully saturated rings. The minimum atomic E-state index is -3.77. The third-order valence-corrected chi connectivity index (χ3v) is 7.36. The van der Waals surface area contributed by atoms with Gasteiger partial charge in [0.25, 0.3) is 5.91 Å². The number of sulfonamides is 1. The monoisotopic (exact) mass is 492 g/mol. The summed E-state index contributed by atoms with van der Waals surface area (Å²) in [5.41, 5.74) is 1.14. The number of amides is 1. The fourth-order valence-corrected chi connectivity index (χ4v) is 4.94. The van der Waals surface area contributed by atoms with E-state index in [2.05, 4.69) is 10.1 Å². The second-order valence-corrected chi connectivity index (χ2v) is 9.64. The number of methoxy groups -OCH3 is 1. The van der Waals surface area contributed by atoms with E-state index in [1.807, 2.05) is 0 Å². The van der Waals surface area contributed by atoms with Gasteiger partial charge in [0.2, 0.25) is 10.0 Å². The Balaban J connectivity index is 1.41. The first-order chi connectivity index (χ1) is 16.2. The first-order valence-corrected chi connectivity index (χ1v) is 12.0. The van der Waals surface area contributed by atoms with Crippen LogP contribution in [0.25, 0.3) is 0 Å². The van der Waals surface area contributed by atoms with E-state index < -0.39 is 46.2 Å². The Morgan fingerprint density at radius 1 is 1.03 bits per heavy atom. The molecule has 0 atom stereocenters. The van der Waals surface area contributed by atoms with Gasteiger partial charge in [-0.15, -0.1) is 0 Å². The lowest BCUT2D eigenvalue weighted by molar-refractivity contribution is -0.153. The fraction of sp³-hybridized carbons (Fsp3) is 0.348. The van der Waals surface area contributed by atoms with Crippen LogP contribution in [0, 0.1) is 11.7 Å². The van der Waals surface area contributed by atoms with Crippen molar-refractivity contribution in [2.24, 2.45) is 5.92 Å². The largest absolute Gasteiger partial charge is 0.465 e. The van der Waals surface area contributed by atoms with E-state index in [1.165, 1.54) is 23.5 Å². The number of nitrogens with zero attached hydrogens (tertiary/aromatic N) is 1. The molecule has 9 nitrogen and oxygen atoms in total. The molecule has 1 aliphatic heterocycles. The van der Waals surface area contributed by atoms with Crippen LogP contribution in [-0.2, 0) is 35.6 Å². The summed E-state index contributed by atoms with van der Waals surface area (Å²) in [6, 6.07) is 11.1. The van der Waals surface area contributed by atoms with Gasteiger partial charge in [0, 0.05) is 19.6 Å². The molecule has 3 rings (SSSR count). The number of nitrogens with one attached hydrogen (secondary N) is 1. The van der Waals surface area contributed by atoms with Gasteiger partial charge in [0.1, 0.15) is 5.82 Å². The van der Waals surface area contributed by atoms with Gasteiger partial charge >= 0.3 is 11.9 Å². The molecule has 0 radical (unpaired) electrons. The Bertz CT molecular complexity index is 1130. The quantitative estimate of drug-likeness (QED) is 0.559. The summed E-state index contributed by atoms with van der Waals surface area (Å²) in [5, 5.41) is 2.62. The van der Waals surface area contributed by atoms with Crippen molar-refractivity contribution in [2.75, 3.05) is 26.8 Å². The van der Waals surface area contributed by atoms with Crippen LogP contribution in [0.2, 0.25) is 0 Å². The molecule has 0 spiro atoms. The van der Waals surface area contributed by atoms with Crippen LogP contribution in [0.15, 0.2) is 53.4 Å². The smallest absolute Gasteiger partial charge is 0.337 e. The number of carbonyl (C=O) groups is 3. The molecule has 11 heteroatoms. The molecule has 0 saturated carbocycles. The molecule has 1 aliphatic rings. The van der Waals surface area contributed by atoms with Gasteiger partial charge in [-0.1, -0.05) is 12.1 Å². The Labute approximate surface area is 196 Å². The average Bonchev–Trinajstić information content (AvgIpc) is 2.86. The number of rotatable bonds is 8. The molecule has 182 valence electrons. The first-order valence-electron chi connectivity index (χ1n) is 10.6. The molecule has 2 aromatic rings. The van der Waals surface area contributed by atoms with Gasteiger partial charge in [-0.2, -0.15) is 4.31 Å². The number of benzene rings is 2. The van der Waals surface area contributed by atoms with Crippen molar-refractivity contribution in [2.45, 2.75) is 24.3 Å². The highest BCUT2D eigenvalue weighted by atomic mass is 32.2. The summed E-state index contributed by atoms with van der Waals surface area (Å²) in [4.78, 5) is 35.7. The lowest BCUT2D eigenvalue weighted by atomic mass is 9.98. The lowest BCUT2D eigenvalue weighted by Gasteiger charge is -2.30. The topological polar surface area (TPSA) is 119 Å². The number of carbonyl (C=O) groups excluding carboxylic acids is 3. The molecule has 1 N–H and O–H groups in total. The van der Waals surface area contributed by atoms with Crippen LogP contribution >= 0.6 is 0 Å². The third-order valence-electron chi connectivity index (χ3n) is 5.45. The maximum Gasteiger partial charge on any atom is 0.337 e. The van der Waals surface area contributed by atoms with Gasteiger partial charge in [0.15, 0.2) is 6.61 Å². The van der Waals surface area contributed by atoms with Gasteiger partial charge in [-0.25, -0.2) is 17.6 Å². The molecule has 1 amide bonds. The molecule has 1 saturated heterocycles. The van der Waals surface area contributed by atoms with E-state index in [0.717, 1.165) is 17.7 Å². The maximum absolute atomic E-state index is 13.1. The van der Waals surface area contributed by atoms with Gasteiger partial charge in [0.05, 0.1) is 23.5 Å². The lowest BCUT2D eigenvalue weighted by Crippen LogP contribution is -2.41. The molecule has 0 bridgehead atoms. The van der Waals surface area contributed by atoms with Gasteiger partial charge in [-0.3, -0.25) is 9.59 Å². The average molecular weight is 493 g/mol. The number of hydrogen-bond donors (Lipinski definition) is 1. The summed E-state index contributed by atoms with van der Waals surface area (Å²) in [6.07, 6.45) is 0.515. The summed E-state index contributed by atoms with van der Waals surface area (Å²) in [6.45, 7) is -0.0227. The third kappa shape index (κ3) is 6.39. The number of hydrogen-bond acceptors (Lipinski definition) is 7. The van der Waals surface area contributed by atoms with Crippen molar-refractivity contribution in [1.29, 1.82) is 0 Å². The van der Waals surface area contributed by atoms with Crippen molar-refractivity contribution >= 4 is 27.9 Å². The second-order valence-electron chi connectivity index (χ2n) is 7.71. The van der Waals surface area contributed by atoms with Crippen LogP contribution in [0.3, 0.4) is 0 Å². The van der Waals surface area contributed by atoms with Crippen molar-refractivity contribution in [3.05, 3.63) is 65.5 Å². The SMILES string of the molecule is COC(=O)c1ccc(CNC(=O)COC(=O)C2CCN(S(=O)(=O)c3ccc(F)cc3)CC2)cc1. The highest BCUT2D eigenvalue weighted by Gasteiger charge is 2.33. The first kappa shape index (κ1) is 25.3. The predicted octanol–water partition coefficient (Wildman–Crippen LogP) is 1.87. The summed E-state index contributed by atoms with van der Waals surface area (Å²) in [5.74, 6) is -2.54. The second kappa shape index (κ2) is 11.2. The van der Waals surface area contributed by atoms with Gasteiger partial charge < -0.3 is 14.8 Å². The predicted molar refractivity (Wildman–Crippen MR) is 118 cm³/mol. The standard InChI is InChI=1S/C23H25FN2O7S/c1-32-22(28)17-4-2-16(3-5-17)14-25-21(27)15-33-23(29)18-10-12-26(13-11-18)34(30,31)20-8-6-19(24)7-9-20/h2-9,18H,10-15H2,1H3,(H,25,27). The van der Waals surface area contributed by atoms with Crippen LogP contribution in [0.4, 0.5) is 4.39 Å². The number of esters is 2. The number of ether oxygens (including phenoxy) is 2. The zero-order valence-corrected chi connectivity index (χ0v) is 19.3. The van der Waals surface area contributed by atoms with E-state index in [4.69, 9.17) is 4.74 Å². The Morgan fingerprint density at radius 3 is 2.24 bits per heavy atom. The van der Waals surface area contributed by atoms with Crippen molar-refractivity contribution in [3.8, 4) is 0 Å². The summed E-state index contributed by atoms with van der Waals surface area (Å²) >= 11 is 0. The van der Waals surface area contributed by atoms with Crippen molar-refractivity contribution in [3.63, 3.8) is 0 Å². The summed E-state index contributed by atoms with van der Waals surface area (Å²) < 4.78 is 49.4. The highest BCUT2D eigenvalue weighted by Crippen LogP contribution is 2.24. The Kier molecular flexibility index (Phi) is 8.35. The molecule has 34 heavy (non-hydrogen) atoms. The zero-order chi connectivity index (χ0) is 24.7. The number of piperidine rings is 1. The minimum absolute atomic E-state index is 0.00784. The molecule has 1 heterocycles. The van der Waals surface area contributed by atoms with Crippen molar-refractivity contribution in [1.82, 2.24) is 9.62 Å². The minimum Gasteiger partial charge on any atom is -0.465 e. The molecule has 0 unspecified atom stereocenters.